The van der Waals surface area contributed by atoms with E-state index in [1.807, 2.05) is 24.3 Å². The molecule has 25 heavy (non-hydrogen) atoms. The lowest BCUT2D eigenvalue weighted by Gasteiger charge is -2.10. The van der Waals surface area contributed by atoms with Crippen molar-refractivity contribution in [1.82, 2.24) is 5.32 Å². The summed E-state index contributed by atoms with van der Waals surface area (Å²) in [5.74, 6) is -1.67. The first kappa shape index (κ1) is 17.3. The fourth-order valence-corrected chi connectivity index (χ4v) is 3.79. The third-order valence-electron chi connectivity index (χ3n) is 3.35. The van der Waals surface area contributed by atoms with Gasteiger partial charge in [0.05, 0.1) is 11.0 Å². The van der Waals surface area contributed by atoms with Gasteiger partial charge >= 0.3 is 0 Å². The molecule has 5 nitrogen and oxygen atoms in total. The van der Waals surface area contributed by atoms with E-state index in [1.165, 1.54) is 35.6 Å². The van der Waals surface area contributed by atoms with Crippen LogP contribution >= 0.6 is 35.2 Å². The zero-order valence-electron chi connectivity index (χ0n) is 12.5. The minimum Gasteiger partial charge on any atom is -0.545 e. The molecule has 0 atom stereocenters. The number of carbonyl (C=O) groups is 2. The highest BCUT2D eigenvalue weighted by atomic mass is 35.5. The quantitative estimate of drug-likeness (QED) is 0.673. The van der Waals surface area contributed by atoms with E-state index in [0.717, 1.165) is 10.1 Å². The SMILES string of the molecule is O=C([O-])c1ccc(NC(=S)NC(=O)c2sc3ccccc3c2Cl)cc1. The van der Waals surface area contributed by atoms with Crippen molar-refractivity contribution < 1.29 is 14.7 Å². The molecule has 0 spiro atoms. The van der Waals surface area contributed by atoms with Crippen molar-refractivity contribution in [1.29, 1.82) is 0 Å². The smallest absolute Gasteiger partial charge is 0.269 e. The molecule has 1 aromatic heterocycles. The maximum atomic E-state index is 12.4. The average Bonchev–Trinajstić information content (AvgIpc) is 2.92. The lowest BCUT2D eigenvalue weighted by molar-refractivity contribution is -0.255. The van der Waals surface area contributed by atoms with Crippen molar-refractivity contribution in [2.45, 2.75) is 0 Å². The highest BCUT2D eigenvalue weighted by molar-refractivity contribution is 7.80. The van der Waals surface area contributed by atoms with Crippen LogP contribution in [-0.4, -0.2) is 17.0 Å². The summed E-state index contributed by atoms with van der Waals surface area (Å²) in [6.07, 6.45) is 0. The number of halogens is 1. The summed E-state index contributed by atoms with van der Waals surface area (Å²) < 4.78 is 0.911. The van der Waals surface area contributed by atoms with Crippen LogP contribution in [-0.2, 0) is 0 Å². The van der Waals surface area contributed by atoms with Gasteiger partial charge in [0.25, 0.3) is 5.91 Å². The first-order valence-corrected chi connectivity index (χ1v) is 8.67. The molecule has 8 heteroatoms. The molecular weight excluding hydrogens is 380 g/mol. The van der Waals surface area contributed by atoms with Gasteiger partial charge in [0.15, 0.2) is 5.11 Å². The van der Waals surface area contributed by atoms with E-state index in [9.17, 15) is 14.7 Å². The van der Waals surface area contributed by atoms with E-state index < -0.39 is 11.9 Å². The second-order valence-electron chi connectivity index (χ2n) is 5.01. The number of carbonyl (C=O) groups excluding carboxylic acids is 2. The Labute approximate surface area is 157 Å². The van der Waals surface area contributed by atoms with E-state index in [1.54, 1.807) is 0 Å². The largest absolute Gasteiger partial charge is 0.545 e. The number of rotatable bonds is 3. The van der Waals surface area contributed by atoms with Crippen molar-refractivity contribution in [2.24, 2.45) is 0 Å². The van der Waals surface area contributed by atoms with E-state index >= 15 is 0 Å². The number of carboxylic acid groups (broad SMARTS) is 1. The number of hydrogen-bond acceptors (Lipinski definition) is 5. The zero-order chi connectivity index (χ0) is 18.0. The number of thiocarbonyl (C=S) groups is 1. The zero-order valence-corrected chi connectivity index (χ0v) is 14.9. The van der Waals surface area contributed by atoms with Crippen LogP contribution in [0.5, 0.6) is 0 Å². The Balaban J connectivity index is 1.70. The number of benzene rings is 2. The highest BCUT2D eigenvalue weighted by Gasteiger charge is 2.17. The van der Waals surface area contributed by atoms with Crippen LogP contribution in [0.4, 0.5) is 5.69 Å². The molecular formula is C17H10ClN2O3S2-. The van der Waals surface area contributed by atoms with Crippen LogP contribution in [0, 0.1) is 0 Å². The average molecular weight is 390 g/mol. The first-order chi connectivity index (χ1) is 12.0. The summed E-state index contributed by atoms with van der Waals surface area (Å²) >= 11 is 12.7. The fourth-order valence-electron chi connectivity index (χ4n) is 2.17. The fraction of sp³-hybridized carbons (Fsp3) is 0. The predicted octanol–water partition coefficient (Wildman–Crippen LogP) is 3.05. The lowest BCUT2D eigenvalue weighted by atomic mass is 10.2. The van der Waals surface area contributed by atoms with Crippen LogP contribution in [0.2, 0.25) is 5.02 Å². The summed E-state index contributed by atoms with van der Waals surface area (Å²) in [4.78, 5) is 23.5. The van der Waals surface area contributed by atoms with E-state index in [2.05, 4.69) is 10.6 Å². The summed E-state index contributed by atoms with van der Waals surface area (Å²) in [6, 6.07) is 13.3. The lowest BCUT2D eigenvalue weighted by Crippen LogP contribution is -2.33. The summed E-state index contributed by atoms with van der Waals surface area (Å²) in [5.41, 5.74) is 0.593. The number of nitrogens with one attached hydrogen (secondary N) is 2. The third kappa shape index (κ3) is 3.79. The van der Waals surface area contributed by atoms with Gasteiger partial charge in [-0.3, -0.25) is 10.1 Å². The predicted molar refractivity (Wildman–Crippen MR) is 101 cm³/mol. The molecule has 1 amide bonds. The maximum Gasteiger partial charge on any atom is 0.269 e. The van der Waals surface area contributed by atoms with Gasteiger partial charge < -0.3 is 15.2 Å². The normalized spacial score (nSPS) is 10.4. The minimum absolute atomic E-state index is 0.0533. The number of thiophene rings is 1. The Morgan fingerprint density at radius 1 is 1.08 bits per heavy atom. The number of amides is 1. The Morgan fingerprint density at radius 3 is 2.40 bits per heavy atom. The topological polar surface area (TPSA) is 81.3 Å². The standard InChI is InChI=1S/C17H11ClN2O3S2/c18-13-11-3-1-2-4-12(11)25-14(13)15(21)20-17(24)19-10-7-5-9(6-8-10)16(22)23/h1-8H,(H,22,23)(H2,19,20,21,24)/p-1. The Bertz CT molecular complexity index is 983. The molecule has 0 bridgehead atoms. The van der Waals surface area contributed by atoms with Crippen molar-refractivity contribution >= 4 is 67.9 Å². The van der Waals surface area contributed by atoms with E-state index in [4.69, 9.17) is 23.8 Å². The van der Waals surface area contributed by atoms with Crippen molar-refractivity contribution in [3.05, 3.63) is 64.0 Å². The van der Waals surface area contributed by atoms with Gasteiger partial charge in [0, 0.05) is 15.8 Å². The molecule has 0 radical (unpaired) electrons. The van der Waals surface area contributed by atoms with Crippen molar-refractivity contribution in [3.63, 3.8) is 0 Å². The molecule has 0 aliphatic carbocycles. The molecule has 0 fully saturated rings. The number of fused-ring (bicyclic) bond motifs is 1. The number of carboxylic acids is 1. The molecule has 3 aromatic rings. The minimum atomic E-state index is -1.26. The molecule has 0 aliphatic heterocycles. The Morgan fingerprint density at radius 2 is 1.76 bits per heavy atom. The second kappa shape index (κ2) is 7.18. The first-order valence-electron chi connectivity index (χ1n) is 7.06. The Kier molecular flexibility index (Phi) is 4.98. The van der Waals surface area contributed by atoms with Gasteiger partial charge in [-0.15, -0.1) is 11.3 Å². The van der Waals surface area contributed by atoms with Gasteiger partial charge in [0.1, 0.15) is 4.88 Å². The third-order valence-corrected chi connectivity index (χ3v) is 5.22. The van der Waals surface area contributed by atoms with E-state index in [-0.39, 0.29) is 10.7 Å². The number of anilines is 1. The second-order valence-corrected chi connectivity index (χ2v) is 6.85. The van der Waals surface area contributed by atoms with Gasteiger partial charge in [-0.1, -0.05) is 41.9 Å². The van der Waals surface area contributed by atoms with Gasteiger partial charge in [-0.05, 0) is 36.0 Å². The van der Waals surface area contributed by atoms with Crippen molar-refractivity contribution in [2.75, 3.05) is 5.32 Å². The van der Waals surface area contributed by atoms with Crippen LogP contribution < -0.4 is 15.7 Å². The molecule has 0 saturated heterocycles. The summed E-state index contributed by atoms with van der Waals surface area (Å²) in [7, 11) is 0. The van der Waals surface area contributed by atoms with Crippen molar-refractivity contribution in [3.8, 4) is 0 Å². The van der Waals surface area contributed by atoms with Gasteiger partial charge in [-0.2, -0.15) is 0 Å². The number of aromatic carboxylic acids is 1. The molecule has 1 heterocycles. The Hall–Kier alpha value is -2.48. The monoisotopic (exact) mass is 389 g/mol. The molecule has 3 rings (SSSR count). The summed E-state index contributed by atoms with van der Waals surface area (Å²) in [5, 5.41) is 17.4. The maximum absolute atomic E-state index is 12.4. The molecule has 0 unspecified atom stereocenters. The van der Waals surface area contributed by atoms with Crippen LogP contribution in [0.15, 0.2) is 48.5 Å². The van der Waals surface area contributed by atoms with Crippen LogP contribution in [0.25, 0.3) is 10.1 Å². The molecule has 2 aromatic carbocycles. The summed E-state index contributed by atoms with van der Waals surface area (Å²) in [6.45, 7) is 0. The number of hydrogen-bond donors (Lipinski definition) is 2. The van der Waals surface area contributed by atoms with Gasteiger partial charge in [-0.25, -0.2) is 0 Å². The van der Waals surface area contributed by atoms with Gasteiger partial charge in [0.2, 0.25) is 0 Å². The van der Waals surface area contributed by atoms with Crippen LogP contribution in [0.1, 0.15) is 20.0 Å². The molecule has 126 valence electrons. The van der Waals surface area contributed by atoms with E-state index in [0.29, 0.717) is 15.6 Å². The highest BCUT2D eigenvalue weighted by Crippen LogP contribution is 2.34. The van der Waals surface area contributed by atoms with Crippen LogP contribution in [0.3, 0.4) is 0 Å². The molecule has 0 aliphatic rings. The molecule has 0 saturated carbocycles. The molecule has 2 N–H and O–H groups in total.